The van der Waals surface area contributed by atoms with Crippen molar-refractivity contribution in [2.45, 2.75) is 26.2 Å². The summed E-state index contributed by atoms with van der Waals surface area (Å²) in [6.45, 7) is 7.20. The second kappa shape index (κ2) is 7.07. The number of hydrogen-bond donors (Lipinski definition) is 2. The van der Waals surface area contributed by atoms with Gasteiger partial charge in [-0.25, -0.2) is 4.79 Å². The Kier molecular flexibility index (Phi) is 4.84. The van der Waals surface area contributed by atoms with Crippen molar-refractivity contribution in [3.8, 4) is 11.5 Å². The van der Waals surface area contributed by atoms with Crippen molar-refractivity contribution in [2.75, 3.05) is 18.5 Å². The molecule has 6 nitrogen and oxygen atoms in total. The molecule has 6 heteroatoms. The quantitative estimate of drug-likeness (QED) is 0.862. The monoisotopic (exact) mass is 354 g/mol. The summed E-state index contributed by atoms with van der Waals surface area (Å²) in [7, 11) is 0. The normalized spacial score (nSPS) is 13.0. The largest absolute Gasteiger partial charge is 0.486 e. The third kappa shape index (κ3) is 4.14. The van der Waals surface area contributed by atoms with E-state index >= 15 is 0 Å². The van der Waals surface area contributed by atoms with Crippen LogP contribution >= 0.6 is 0 Å². The van der Waals surface area contributed by atoms with Gasteiger partial charge < -0.3 is 14.8 Å². The Morgan fingerprint density at radius 2 is 1.69 bits per heavy atom. The average molecular weight is 354 g/mol. The molecule has 1 heterocycles. The number of nitrogens with one attached hydrogen (secondary N) is 2. The highest BCUT2D eigenvalue weighted by Crippen LogP contribution is 2.30. The van der Waals surface area contributed by atoms with E-state index in [-0.39, 0.29) is 5.41 Å². The highest BCUT2D eigenvalue weighted by Gasteiger charge is 2.17. The number of hydrogen-bond acceptors (Lipinski definition) is 4. The van der Waals surface area contributed by atoms with E-state index in [0.717, 1.165) is 5.56 Å². The van der Waals surface area contributed by atoms with Crippen LogP contribution in [0.15, 0.2) is 42.5 Å². The maximum Gasteiger partial charge on any atom is 0.326 e. The fourth-order valence-electron chi connectivity index (χ4n) is 2.59. The predicted molar refractivity (Wildman–Crippen MR) is 99.1 cm³/mol. The third-order valence-corrected chi connectivity index (χ3v) is 4.02. The van der Waals surface area contributed by atoms with Crippen molar-refractivity contribution in [1.29, 1.82) is 0 Å². The van der Waals surface area contributed by atoms with Crippen LogP contribution in [0.3, 0.4) is 0 Å². The minimum Gasteiger partial charge on any atom is -0.486 e. The molecule has 0 atom stereocenters. The second-order valence-electron chi connectivity index (χ2n) is 7.10. The summed E-state index contributed by atoms with van der Waals surface area (Å²) in [5, 5.41) is 5.01. The molecule has 0 bridgehead atoms. The van der Waals surface area contributed by atoms with Crippen LogP contribution in [-0.4, -0.2) is 25.2 Å². The molecule has 2 aromatic carbocycles. The lowest BCUT2D eigenvalue weighted by molar-refractivity contribution is 0.0966. The van der Waals surface area contributed by atoms with Crippen molar-refractivity contribution in [2.24, 2.45) is 0 Å². The van der Waals surface area contributed by atoms with Gasteiger partial charge >= 0.3 is 6.03 Å². The zero-order chi connectivity index (χ0) is 18.7. The summed E-state index contributed by atoms with van der Waals surface area (Å²) in [6.07, 6.45) is 0. The van der Waals surface area contributed by atoms with Crippen LogP contribution in [0.25, 0.3) is 0 Å². The topological polar surface area (TPSA) is 76.7 Å². The van der Waals surface area contributed by atoms with E-state index in [2.05, 4.69) is 31.4 Å². The minimum absolute atomic E-state index is 0.0326. The van der Waals surface area contributed by atoms with Gasteiger partial charge in [-0.2, -0.15) is 0 Å². The Bertz CT molecular complexity index is 840. The van der Waals surface area contributed by atoms with E-state index in [0.29, 0.717) is 36.0 Å². The molecule has 136 valence electrons. The zero-order valence-corrected chi connectivity index (χ0v) is 15.1. The predicted octanol–water partition coefficient (Wildman–Crippen LogP) is 3.72. The molecular formula is C20H22N2O4. The fraction of sp³-hybridized carbons (Fsp3) is 0.300. The van der Waals surface area contributed by atoms with E-state index in [9.17, 15) is 9.59 Å². The van der Waals surface area contributed by atoms with Crippen LogP contribution in [0.5, 0.6) is 11.5 Å². The lowest BCUT2D eigenvalue weighted by atomic mass is 9.87. The van der Waals surface area contributed by atoms with E-state index in [1.807, 2.05) is 18.2 Å². The van der Waals surface area contributed by atoms with Crippen LogP contribution in [0, 0.1) is 0 Å². The number of amides is 3. The van der Waals surface area contributed by atoms with Crippen molar-refractivity contribution in [1.82, 2.24) is 5.32 Å². The maximum atomic E-state index is 12.3. The van der Waals surface area contributed by atoms with Gasteiger partial charge in [0.15, 0.2) is 11.5 Å². The molecule has 0 unspecified atom stereocenters. The van der Waals surface area contributed by atoms with Gasteiger partial charge in [0.1, 0.15) is 13.2 Å². The Morgan fingerprint density at radius 1 is 0.962 bits per heavy atom. The van der Waals surface area contributed by atoms with Gasteiger partial charge in [0.2, 0.25) is 0 Å². The molecule has 3 rings (SSSR count). The summed E-state index contributed by atoms with van der Waals surface area (Å²) in [6, 6.07) is 11.8. The van der Waals surface area contributed by atoms with Gasteiger partial charge in [-0.05, 0) is 41.3 Å². The van der Waals surface area contributed by atoms with Gasteiger partial charge in [0.25, 0.3) is 5.91 Å². The molecule has 0 aromatic heterocycles. The first-order valence-electron chi connectivity index (χ1n) is 8.45. The molecular weight excluding hydrogens is 332 g/mol. The number of benzene rings is 2. The first kappa shape index (κ1) is 17.8. The summed E-state index contributed by atoms with van der Waals surface area (Å²) in [5.74, 6) is 0.588. The summed E-state index contributed by atoms with van der Waals surface area (Å²) < 4.78 is 10.9. The molecule has 0 fully saturated rings. The highest BCUT2D eigenvalue weighted by molar-refractivity contribution is 6.08. The van der Waals surface area contributed by atoms with E-state index in [1.54, 1.807) is 24.3 Å². The molecule has 0 radical (unpaired) electrons. The van der Waals surface area contributed by atoms with E-state index in [4.69, 9.17) is 9.47 Å². The van der Waals surface area contributed by atoms with Crippen LogP contribution in [0.4, 0.5) is 10.5 Å². The Labute approximate surface area is 152 Å². The Hall–Kier alpha value is -3.02. The SMILES string of the molecule is CC(C)(C)c1cccc(NC(=O)NC(=O)c2ccc3c(c2)OCCO3)c1. The number of carbonyl (C=O) groups is 2. The molecule has 26 heavy (non-hydrogen) atoms. The maximum absolute atomic E-state index is 12.3. The first-order valence-corrected chi connectivity index (χ1v) is 8.45. The molecule has 3 amide bonds. The number of carbonyl (C=O) groups excluding carboxylic acids is 2. The van der Waals surface area contributed by atoms with E-state index in [1.165, 1.54) is 0 Å². The summed E-state index contributed by atoms with van der Waals surface area (Å²) >= 11 is 0. The number of urea groups is 1. The van der Waals surface area contributed by atoms with Gasteiger partial charge in [-0.1, -0.05) is 32.9 Å². The van der Waals surface area contributed by atoms with Gasteiger partial charge in [-0.3, -0.25) is 10.1 Å². The molecule has 0 saturated heterocycles. The van der Waals surface area contributed by atoms with Crippen molar-refractivity contribution < 1.29 is 19.1 Å². The van der Waals surface area contributed by atoms with Crippen LogP contribution < -0.4 is 20.1 Å². The molecule has 0 spiro atoms. The van der Waals surface area contributed by atoms with Gasteiger partial charge in [-0.15, -0.1) is 0 Å². The second-order valence-corrected chi connectivity index (χ2v) is 7.10. The molecule has 2 N–H and O–H groups in total. The number of fused-ring (bicyclic) bond motifs is 1. The van der Waals surface area contributed by atoms with Crippen molar-refractivity contribution in [3.63, 3.8) is 0 Å². The summed E-state index contributed by atoms with van der Waals surface area (Å²) in [5.41, 5.74) is 2.01. The summed E-state index contributed by atoms with van der Waals surface area (Å²) in [4.78, 5) is 24.4. The number of ether oxygens (including phenoxy) is 2. The molecule has 0 aliphatic carbocycles. The average Bonchev–Trinajstić information content (AvgIpc) is 2.60. The number of imide groups is 1. The fourth-order valence-corrected chi connectivity index (χ4v) is 2.59. The van der Waals surface area contributed by atoms with Gasteiger partial charge in [0.05, 0.1) is 0 Å². The molecule has 1 aliphatic rings. The lowest BCUT2D eigenvalue weighted by Gasteiger charge is -2.20. The standard InChI is InChI=1S/C20H22N2O4/c1-20(2,3)14-5-4-6-15(12-14)21-19(24)22-18(23)13-7-8-16-17(11-13)26-10-9-25-16/h4-8,11-12H,9-10H2,1-3H3,(H2,21,22,23,24). The lowest BCUT2D eigenvalue weighted by Crippen LogP contribution is -2.34. The molecule has 0 saturated carbocycles. The third-order valence-electron chi connectivity index (χ3n) is 4.02. The van der Waals surface area contributed by atoms with Crippen molar-refractivity contribution in [3.05, 3.63) is 53.6 Å². The smallest absolute Gasteiger partial charge is 0.326 e. The van der Waals surface area contributed by atoms with Gasteiger partial charge in [0, 0.05) is 11.3 Å². The molecule has 1 aliphatic heterocycles. The van der Waals surface area contributed by atoms with Crippen LogP contribution in [0.2, 0.25) is 0 Å². The van der Waals surface area contributed by atoms with Crippen LogP contribution in [0.1, 0.15) is 36.7 Å². The highest BCUT2D eigenvalue weighted by atomic mass is 16.6. The number of rotatable bonds is 2. The minimum atomic E-state index is -0.587. The Balaban J connectivity index is 1.66. The molecule has 2 aromatic rings. The number of anilines is 1. The first-order chi connectivity index (χ1) is 12.3. The Morgan fingerprint density at radius 3 is 2.42 bits per heavy atom. The zero-order valence-electron chi connectivity index (χ0n) is 15.1. The van der Waals surface area contributed by atoms with E-state index < -0.39 is 11.9 Å². The van der Waals surface area contributed by atoms with Crippen LogP contribution in [-0.2, 0) is 5.41 Å². The van der Waals surface area contributed by atoms with Crippen molar-refractivity contribution >= 4 is 17.6 Å².